The molecule has 1 aromatic rings. The van der Waals surface area contributed by atoms with E-state index in [1.165, 1.54) is 5.56 Å². The van der Waals surface area contributed by atoms with Crippen molar-refractivity contribution >= 4 is 11.8 Å². The van der Waals surface area contributed by atoms with Crippen molar-refractivity contribution in [1.29, 1.82) is 0 Å². The fraction of sp³-hybridized carbons (Fsp3) is 0.692. The van der Waals surface area contributed by atoms with Gasteiger partial charge in [-0.25, -0.2) is 4.79 Å². The van der Waals surface area contributed by atoms with Crippen molar-refractivity contribution in [3.05, 3.63) is 35.9 Å². The molecule has 2 N–H and O–H groups in total. The highest BCUT2D eigenvalue weighted by atomic mass is 16.5. The molecular formula is C26H39N3O4. The van der Waals surface area contributed by atoms with Gasteiger partial charge >= 0.3 is 6.03 Å². The molecule has 3 aliphatic rings. The van der Waals surface area contributed by atoms with Crippen molar-refractivity contribution < 1.29 is 19.4 Å². The molecule has 1 saturated heterocycles. The number of carbonyl (C=O) groups excluding carboxylic acids is 2. The van der Waals surface area contributed by atoms with E-state index >= 15 is 0 Å². The SMILES string of the molecule is CNC1(c2ccccc2)CCC2(CC1)CN(CC(=O)CCCOC)C(=O)N2CC1(O)CCC1. The molecule has 0 unspecified atom stereocenters. The summed E-state index contributed by atoms with van der Waals surface area (Å²) in [4.78, 5) is 29.7. The van der Waals surface area contributed by atoms with Crippen LogP contribution in [0, 0.1) is 0 Å². The van der Waals surface area contributed by atoms with Gasteiger partial charge in [-0.1, -0.05) is 30.3 Å². The van der Waals surface area contributed by atoms with Crippen LogP contribution in [0.3, 0.4) is 0 Å². The number of benzene rings is 1. The molecule has 1 spiro atoms. The summed E-state index contributed by atoms with van der Waals surface area (Å²) in [6, 6.07) is 10.4. The van der Waals surface area contributed by atoms with Gasteiger partial charge < -0.3 is 25.0 Å². The van der Waals surface area contributed by atoms with Crippen molar-refractivity contribution in [3.63, 3.8) is 0 Å². The lowest BCUT2D eigenvalue weighted by molar-refractivity contribution is -0.119. The molecule has 0 bridgehead atoms. The van der Waals surface area contributed by atoms with E-state index in [-0.39, 0.29) is 29.4 Å². The number of ketones is 1. The first-order valence-electron chi connectivity index (χ1n) is 12.4. The van der Waals surface area contributed by atoms with Crippen LogP contribution >= 0.6 is 0 Å². The van der Waals surface area contributed by atoms with Crippen molar-refractivity contribution in [2.24, 2.45) is 0 Å². The van der Waals surface area contributed by atoms with Crippen LogP contribution < -0.4 is 5.32 Å². The lowest BCUT2D eigenvalue weighted by atomic mass is 9.68. The van der Waals surface area contributed by atoms with Gasteiger partial charge in [-0.15, -0.1) is 0 Å². The molecule has 2 aliphatic carbocycles. The van der Waals surface area contributed by atoms with E-state index in [0.717, 1.165) is 44.9 Å². The molecule has 2 saturated carbocycles. The number of nitrogens with zero attached hydrogens (tertiary/aromatic N) is 2. The lowest BCUT2D eigenvalue weighted by Gasteiger charge is -2.50. The Bertz CT molecular complexity index is 831. The topological polar surface area (TPSA) is 82.1 Å². The number of methoxy groups -OCH3 is 1. The van der Waals surface area contributed by atoms with Gasteiger partial charge in [0, 0.05) is 32.2 Å². The van der Waals surface area contributed by atoms with Crippen molar-refractivity contribution in [2.75, 3.05) is 40.4 Å². The third-order valence-electron chi connectivity index (χ3n) is 8.31. The second-order valence-electron chi connectivity index (χ2n) is 10.4. The number of amides is 2. The molecule has 1 aliphatic heterocycles. The maximum absolute atomic E-state index is 13.5. The predicted molar refractivity (Wildman–Crippen MR) is 127 cm³/mol. The Hall–Kier alpha value is -1.96. The van der Waals surface area contributed by atoms with Crippen molar-refractivity contribution in [1.82, 2.24) is 15.1 Å². The Labute approximate surface area is 197 Å². The van der Waals surface area contributed by atoms with Crippen LogP contribution in [0.25, 0.3) is 0 Å². The Morgan fingerprint density at radius 1 is 1.12 bits per heavy atom. The van der Waals surface area contributed by atoms with Gasteiger partial charge in [-0.2, -0.15) is 0 Å². The van der Waals surface area contributed by atoms with E-state index in [1.54, 1.807) is 12.0 Å². The highest BCUT2D eigenvalue weighted by Gasteiger charge is 2.55. The summed E-state index contributed by atoms with van der Waals surface area (Å²) >= 11 is 0. The number of hydrogen-bond donors (Lipinski definition) is 2. The van der Waals surface area contributed by atoms with Gasteiger partial charge in [0.1, 0.15) is 0 Å². The average Bonchev–Trinajstić information content (AvgIpc) is 3.05. The van der Waals surface area contributed by atoms with Crippen LogP contribution in [-0.2, 0) is 15.1 Å². The molecule has 7 heteroatoms. The molecule has 0 aromatic heterocycles. The zero-order valence-electron chi connectivity index (χ0n) is 20.1. The first kappa shape index (κ1) is 24.2. The fourth-order valence-electron chi connectivity index (χ4n) is 5.99. The van der Waals surface area contributed by atoms with E-state index in [1.807, 2.05) is 18.0 Å². The van der Waals surface area contributed by atoms with Gasteiger partial charge in [-0.05, 0) is 64.0 Å². The summed E-state index contributed by atoms with van der Waals surface area (Å²) < 4.78 is 5.06. The molecule has 3 fully saturated rings. The summed E-state index contributed by atoms with van der Waals surface area (Å²) in [5.41, 5.74) is 0.0569. The number of urea groups is 1. The monoisotopic (exact) mass is 457 g/mol. The maximum atomic E-state index is 13.5. The lowest BCUT2D eigenvalue weighted by Crippen LogP contribution is -2.59. The third kappa shape index (κ3) is 4.81. The number of ether oxygens (including phenoxy) is 1. The van der Waals surface area contributed by atoms with E-state index < -0.39 is 5.60 Å². The van der Waals surface area contributed by atoms with Gasteiger partial charge in [0.05, 0.1) is 24.2 Å². The van der Waals surface area contributed by atoms with Crippen molar-refractivity contribution in [3.8, 4) is 0 Å². The molecule has 4 rings (SSSR count). The van der Waals surface area contributed by atoms with Crippen LogP contribution in [0.4, 0.5) is 4.79 Å². The molecule has 1 heterocycles. The smallest absolute Gasteiger partial charge is 0.321 e. The van der Waals surface area contributed by atoms with Crippen LogP contribution in [0.2, 0.25) is 0 Å². The number of aliphatic hydroxyl groups is 1. The Kier molecular flexibility index (Phi) is 7.12. The summed E-state index contributed by atoms with van der Waals surface area (Å²) in [5, 5.41) is 14.5. The van der Waals surface area contributed by atoms with Gasteiger partial charge in [0.15, 0.2) is 5.78 Å². The Morgan fingerprint density at radius 3 is 2.39 bits per heavy atom. The number of hydrogen-bond acceptors (Lipinski definition) is 5. The van der Waals surface area contributed by atoms with Gasteiger partial charge in [0.25, 0.3) is 0 Å². The molecular weight excluding hydrogens is 418 g/mol. The fourth-order valence-corrected chi connectivity index (χ4v) is 5.99. The normalized spacial score (nSPS) is 28.9. The molecule has 33 heavy (non-hydrogen) atoms. The summed E-state index contributed by atoms with van der Waals surface area (Å²) in [7, 11) is 3.65. The minimum Gasteiger partial charge on any atom is -0.388 e. The van der Waals surface area contributed by atoms with Crippen molar-refractivity contribution in [2.45, 2.75) is 74.5 Å². The second-order valence-corrected chi connectivity index (χ2v) is 10.4. The first-order chi connectivity index (χ1) is 15.9. The standard InChI is InChI=1S/C26H39N3O4/c1-27-26(21-8-4-3-5-9-21)15-13-24(14-16-26)19-28(18-22(30)10-6-17-33-2)23(31)29(24)20-25(32)11-7-12-25/h3-5,8-9,27,32H,6-7,10-20H2,1-2H3. The van der Waals surface area contributed by atoms with Crippen LogP contribution in [-0.4, -0.2) is 78.3 Å². The number of β-amino-alcohol motifs (C(OH)–C–C–N with tert-alkyl or cyclic N) is 1. The molecule has 0 atom stereocenters. The Morgan fingerprint density at radius 2 is 1.82 bits per heavy atom. The molecule has 7 nitrogen and oxygen atoms in total. The number of nitrogens with one attached hydrogen (secondary N) is 1. The van der Waals surface area contributed by atoms with Crippen LogP contribution in [0.1, 0.15) is 63.4 Å². The second kappa shape index (κ2) is 9.72. The van der Waals surface area contributed by atoms with Crippen LogP contribution in [0.5, 0.6) is 0 Å². The number of rotatable bonds is 10. The highest BCUT2D eigenvalue weighted by Crippen LogP contribution is 2.48. The molecule has 0 radical (unpaired) electrons. The zero-order chi connectivity index (χ0) is 23.5. The maximum Gasteiger partial charge on any atom is 0.321 e. The average molecular weight is 458 g/mol. The number of Topliss-reactive ketones (excluding diaryl/α,β-unsaturated/α-hetero) is 1. The highest BCUT2D eigenvalue weighted by molar-refractivity contribution is 5.87. The van der Waals surface area contributed by atoms with E-state index in [4.69, 9.17) is 4.74 Å². The molecule has 1 aromatic carbocycles. The van der Waals surface area contributed by atoms with E-state index in [2.05, 4.69) is 29.6 Å². The minimum atomic E-state index is -0.780. The molecule has 182 valence electrons. The summed E-state index contributed by atoms with van der Waals surface area (Å²) in [5.74, 6) is 0.0735. The Balaban J connectivity index is 1.52. The third-order valence-corrected chi connectivity index (χ3v) is 8.31. The largest absolute Gasteiger partial charge is 0.388 e. The summed E-state index contributed by atoms with van der Waals surface area (Å²) in [6.07, 6.45) is 7.10. The van der Waals surface area contributed by atoms with Gasteiger partial charge in [-0.3, -0.25) is 4.79 Å². The quantitative estimate of drug-likeness (QED) is 0.528. The summed E-state index contributed by atoms with van der Waals surface area (Å²) in [6.45, 7) is 1.63. The minimum absolute atomic E-state index is 0.0735. The first-order valence-corrected chi connectivity index (χ1v) is 12.4. The van der Waals surface area contributed by atoms with Crippen LogP contribution in [0.15, 0.2) is 30.3 Å². The van der Waals surface area contributed by atoms with E-state index in [9.17, 15) is 14.7 Å². The number of carbonyl (C=O) groups is 2. The molecule has 2 amide bonds. The van der Waals surface area contributed by atoms with Gasteiger partial charge in [0.2, 0.25) is 0 Å². The predicted octanol–water partition coefficient (Wildman–Crippen LogP) is 3.06. The van der Waals surface area contributed by atoms with E-state index in [0.29, 0.717) is 32.5 Å². The zero-order valence-corrected chi connectivity index (χ0v) is 20.1.